The van der Waals surface area contributed by atoms with Gasteiger partial charge in [-0.15, -0.1) is 10.2 Å². The molecule has 2 fully saturated rings. The van der Waals surface area contributed by atoms with Crippen LogP contribution in [0.1, 0.15) is 145 Å². The van der Waals surface area contributed by atoms with Crippen molar-refractivity contribution in [3.8, 4) is 5.75 Å². The van der Waals surface area contributed by atoms with E-state index in [2.05, 4.69) is 52.2 Å². The monoisotopic (exact) mass is 1490 g/mol. The molecule has 3 heterocycles. The average Bonchev–Trinajstić information content (AvgIpc) is 1.20. The first kappa shape index (κ1) is 86.7. The molecule has 3 aromatic rings. The third-order valence-electron chi connectivity index (χ3n) is 19.4. The Morgan fingerprint density at radius 2 is 1.32 bits per heavy atom. The van der Waals surface area contributed by atoms with Crippen LogP contribution in [0.2, 0.25) is 0 Å². The normalized spacial score (nSPS) is 18.2. The Hall–Kier alpha value is -8.92. The van der Waals surface area contributed by atoms with Gasteiger partial charge in [-0.1, -0.05) is 80.9 Å². The number of nitrogens with two attached hydrogens (primary N) is 1. The summed E-state index contributed by atoms with van der Waals surface area (Å²) in [7, 11) is 8.24. The van der Waals surface area contributed by atoms with Crippen molar-refractivity contribution >= 4 is 70.9 Å². The molecule has 0 radical (unpaired) electrons. The standard InChI is InChI=1S/C71H105F5N14O15/c1-16-39(8)61(88(13)69(99)59(37(4)5)85-68(98)60(38(6)7)87(11)12)48(102-14)33-52(93)90-29-18-20-47(90)62(103-15)41(10)64(94)83-46(32-50-86-80-35-104-50)65(95)79-34-42-21-23-44(24-22-42)81-66(96)45(19-17-28-78-71(77)101)82-67(97)58(36(2)3)84-49(91)25-26-51(92)89-30-27-43(31-40(89)9)70(100)105-63-56(75)54(73)53(72)55(74)57(63)76/h21-24,35-41,43,45-48,58-62H,16-20,25-34H2,1-15H3,(H,79,95)(H,81,96)(H,82,97)(H,83,94)(H,84,91)(H,85,98)(H3,77,78,101)/t39-,40?,41+,43?,45-,46-,47-,48+,58-,59-,60-,61-,62+/m0/s1. The molecule has 0 aliphatic carbocycles. The van der Waals surface area contributed by atoms with E-state index < -0.39 is 167 Å². The van der Waals surface area contributed by atoms with E-state index in [0.717, 1.165) is 6.39 Å². The van der Waals surface area contributed by atoms with Gasteiger partial charge >= 0.3 is 12.0 Å². The second kappa shape index (κ2) is 40.5. The number of ether oxygens (including phenoxy) is 3. The summed E-state index contributed by atoms with van der Waals surface area (Å²) in [6, 6.07) is -1.45. The van der Waals surface area contributed by atoms with E-state index >= 15 is 0 Å². The second-order valence-electron chi connectivity index (χ2n) is 28.2. The Labute approximate surface area is 609 Å². The first-order valence-corrected chi connectivity index (χ1v) is 35.4. The van der Waals surface area contributed by atoms with Gasteiger partial charge in [0.15, 0.2) is 0 Å². The maximum Gasteiger partial charge on any atom is 0.314 e. The number of amides is 11. The van der Waals surface area contributed by atoms with Crippen LogP contribution in [0.15, 0.2) is 35.1 Å². The highest BCUT2D eigenvalue weighted by Crippen LogP contribution is 2.34. The zero-order valence-corrected chi connectivity index (χ0v) is 62.5. The second-order valence-corrected chi connectivity index (χ2v) is 28.2. The largest absolute Gasteiger partial charge is 0.428 e. The molecule has 2 unspecified atom stereocenters. The number of piperidine rings is 1. The number of likely N-dealkylation sites (tertiary alicyclic amines) is 2. The lowest BCUT2D eigenvalue weighted by Crippen LogP contribution is -2.59. The van der Waals surface area contributed by atoms with Crippen molar-refractivity contribution in [3.63, 3.8) is 0 Å². The minimum atomic E-state index is -2.43. The fourth-order valence-electron chi connectivity index (χ4n) is 13.4. The van der Waals surface area contributed by atoms with Gasteiger partial charge < -0.3 is 76.3 Å². The average molecular weight is 1490 g/mol. The third kappa shape index (κ3) is 23.8. The number of carbonyl (C=O) groups excluding carboxylic acids is 11. The molecule has 5 rings (SSSR count). The number of carbonyl (C=O) groups is 11. The number of aromatic nitrogens is 2. The molecule has 2 aliphatic heterocycles. The van der Waals surface area contributed by atoms with Crippen LogP contribution in [-0.2, 0) is 70.4 Å². The lowest BCUT2D eigenvalue weighted by atomic mass is 9.89. The Kier molecular flexibility index (Phi) is 33.5. The molecule has 29 nitrogen and oxygen atoms in total. The summed E-state index contributed by atoms with van der Waals surface area (Å²) in [6.45, 7) is 18.2. The topological polar surface area (TPSA) is 378 Å². The van der Waals surface area contributed by atoms with Crippen LogP contribution in [0.4, 0.5) is 32.4 Å². The Morgan fingerprint density at radius 1 is 0.695 bits per heavy atom. The number of hydrogen-bond donors (Lipinski definition) is 8. The molecule has 105 heavy (non-hydrogen) atoms. The van der Waals surface area contributed by atoms with Gasteiger partial charge in [0, 0.05) is 72.0 Å². The molecule has 0 spiro atoms. The van der Waals surface area contributed by atoms with Crippen LogP contribution in [-0.4, -0.2) is 211 Å². The molecule has 11 amide bonds. The fraction of sp³-hybridized carbons (Fsp3) is 0.648. The van der Waals surface area contributed by atoms with Crippen molar-refractivity contribution in [2.24, 2.45) is 41.2 Å². The summed E-state index contributed by atoms with van der Waals surface area (Å²) in [5.41, 5.74) is 6.07. The van der Waals surface area contributed by atoms with Crippen molar-refractivity contribution in [1.82, 2.24) is 61.7 Å². The summed E-state index contributed by atoms with van der Waals surface area (Å²) in [5.74, 6) is -22.4. The van der Waals surface area contributed by atoms with Gasteiger partial charge in [-0.05, 0) is 101 Å². The molecule has 2 saturated heterocycles. The summed E-state index contributed by atoms with van der Waals surface area (Å²) in [5, 5.41) is 26.8. The number of primary amides is 1. The molecular formula is C71H105F5N14O15. The number of nitrogens with one attached hydrogen (secondary N) is 7. The van der Waals surface area contributed by atoms with Crippen LogP contribution in [0.3, 0.4) is 0 Å². The molecule has 1 aromatic heterocycles. The quantitative estimate of drug-likeness (QED) is 0.00955. The van der Waals surface area contributed by atoms with E-state index in [1.54, 1.807) is 56.7 Å². The maximum atomic E-state index is 14.6. The molecule has 34 heteroatoms. The van der Waals surface area contributed by atoms with Gasteiger partial charge in [0.2, 0.25) is 100 Å². The zero-order valence-electron chi connectivity index (χ0n) is 62.5. The molecule has 9 N–H and O–H groups in total. The molecule has 0 bridgehead atoms. The minimum Gasteiger partial charge on any atom is -0.428 e. The predicted octanol–water partition coefficient (Wildman–Crippen LogP) is 4.78. The van der Waals surface area contributed by atoms with Gasteiger partial charge in [0.25, 0.3) is 0 Å². The van der Waals surface area contributed by atoms with Crippen molar-refractivity contribution in [1.29, 1.82) is 0 Å². The number of nitrogens with zero attached hydrogens (tertiary/aromatic N) is 6. The van der Waals surface area contributed by atoms with Gasteiger partial charge in [-0.2, -0.15) is 8.78 Å². The number of anilines is 1. The highest BCUT2D eigenvalue weighted by atomic mass is 19.2. The molecule has 584 valence electrons. The molecule has 13 atom stereocenters. The lowest BCUT2D eigenvalue weighted by molar-refractivity contribution is -0.148. The van der Waals surface area contributed by atoms with Crippen LogP contribution >= 0.6 is 0 Å². The Bertz CT molecular complexity index is 3450. The smallest absolute Gasteiger partial charge is 0.314 e. The van der Waals surface area contributed by atoms with Crippen LogP contribution in [0.5, 0.6) is 5.75 Å². The van der Waals surface area contributed by atoms with Gasteiger partial charge in [-0.25, -0.2) is 18.0 Å². The SMILES string of the molecule is CC[C@H](C)[C@@H]([C@@H](CC(=O)N1CCC[C@H]1[C@H](OC)[C@@H](C)C(=O)N[C@@H](Cc1nnco1)C(=O)NCc1ccc(NC(=O)[C@H](CCCNC(N)=O)NC(=O)[C@@H](NC(=O)CCC(=O)N2CCC(C(=O)Oc3c(F)c(F)c(F)c(F)c3F)CC2C)C(C)C)cc1)OC)N(C)C(=O)[C@@H](NC(=O)[C@H](C(C)C)N(C)C)C(C)C. The van der Waals surface area contributed by atoms with Gasteiger partial charge in [-0.3, -0.25) is 52.8 Å². The summed E-state index contributed by atoms with van der Waals surface area (Å²) < 4.78 is 91.6. The summed E-state index contributed by atoms with van der Waals surface area (Å²) in [6.07, 6.45) is 0.00953. The highest BCUT2D eigenvalue weighted by Gasteiger charge is 2.45. The Morgan fingerprint density at radius 3 is 1.88 bits per heavy atom. The van der Waals surface area contributed by atoms with E-state index in [1.807, 2.05) is 60.5 Å². The van der Waals surface area contributed by atoms with Crippen LogP contribution in [0.25, 0.3) is 0 Å². The number of likely N-dealkylation sites (N-methyl/N-ethyl adjacent to an activating group) is 2. The van der Waals surface area contributed by atoms with Crippen LogP contribution < -0.4 is 47.7 Å². The van der Waals surface area contributed by atoms with Crippen molar-refractivity contribution in [3.05, 3.63) is 71.2 Å². The number of esters is 1. The highest BCUT2D eigenvalue weighted by molar-refractivity contribution is 5.99. The molecule has 2 aromatic carbocycles. The zero-order chi connectivity index (χ0) is 78.4. The summed E-state index contributed by atoms with van der Waals surface area (Å²) >= 11 is 0. The predicted molar refractivity (Wildman–Crippen MR) is 373 cm³/mol. The number of hydrogen-bond acceptors (Lipinski definition) is 18. The first-order valence-electron chi connectivity index (χ1n) is 35.4. The van der Waals surface area contributed by atoms with Crippen LogP contribution in [0, 0.1) is 64.6 Å². The van der Waals surface area contributed by atoms with E-state index in [9.17, 15) is 74.7 Å². The maximum absolute atomic E-state index is 14.6. The molecule has 0 saturated carbocycles. The minimum absolute atomic E-state index is 0.0248. The third-order valence-corrected chi connectivity index (χ3v) is 19.4. The summed E-state index contributed by atoms with van der Waals surface area (Å²) in [4.78, 5) is 157. The number of rotatable bonds is 38. The lowest BCUT2D eigenvalue weighted by Gasteiger charge is -2.41. The number of benzene rings is 2. The fourth-order valence-corrected chi connectivity index (χ4v) is 13.4. The number of urea groups is 1. The van der Waals surface area contributed by atoms with Gasteiger partial charge in [0.1, 0.15) is 24.2 Å². The van der Waals surface area contributed by atoms with E-state index in [-0.39, 0.29) is 112 Å². The van der Waals surface area contributed by atoms with Crippen molar-refractivity contribution in [2.45, 2.75) is 207 Å². The van der Waals surface area contributed by atoms with Gasteiger partial charge in [0.05, 0.1) is 55.0 Å². The first-order chi connectivity index (χ1) is 49.5. The number of methoxy groups -OCH3 is 2. The van der Waals surface area contributed by atoms with E-state index in [1.165, 1.54) is 31.3 Å². The molecular weight excluding hydrogens is 1380 g/mol. The Balaban J connectivity index is 1.19. The van der Waals surface area contributed by atoms with Crippen molar-refractivity contribution in [2.75, 3.05) is 60.3 Å². The van der Waals surface area contributed by atoms with Crippen molar-refractivity contribution < 1.29 is 93.3 Å². The van der Waals surface area contributed by atoms with E-state index in [0.29, 0.717) is 31.4 Å². The molecule has 2 aliphatic rings. The number of halogens is 5. The van der Waals surface area contributed by atoms with E-state index in [4.69, 9.17) is 19.6 Å².